The molecule has 39 heavy (non-hydrogen) atoms. The Morgan fingerprint density at radius 2 is 1.74 bits per heavy atom. The van der Waals surface area contributed by atoms with Crippen molar-refractivity contribution in [3.8, 4) is 33.7 Å². The van der Waals surface area contributed by atoms with Crippen LogP contribution in [0.1, 0.15) is 19.0 Å². The molecule has 0 bridgehead atoms. The molecule has 3 heterocycles. The summed E-state index contributed by atoms with van der Waals surface area (Å²) >= 11 is 6.47. The number of aryl methyl sites for hydroxylation is 2. The van der Waals surface area contributed by atoms with E-state index in [1.165, 1.54) is 26.3 Å². The summed E-state index contributed by atoms with van der Waals surface area (Å²) in [5.74, 6) is -4.24. The maximum absolute atomic E-state index is 14.9. The van der Waals surface area contributed by atoms with Crippen LogP contribution in [0, 0.1) is 12.7 Å². The third-order valence-corrected chi connectivity index (χ3v) is 7.60. The minimum Gasteiger partial charge on any atom is -0.507 e. The molecule has 2 aromatic carbocycles. The standard InChI is InChI=1S/C28H26ClF3N4O3/c1-16-24(35-7-6-27(2,39)28(31,32)15-35)11-18(14-33-16)21-13-19(30)12-20(25(21)37)17-4-5-23(22(29)10-17)36-9-8-34(3)26(36)38/h4-5,8-14,37,39H,6-7,15H2,1-3H3/t27-/m1/s1. The molecule has 0 radical (unpaired) electrons. The Hall–Kier alpha value is -3.76. The lowest BCUT2D eigenvalue weighted by Crippen LogP contribution is -2.59. The lowest BCUT2D eigenvalue weighted by Gasteiger charge is -2.43. The predicted octanol–water partition coefficient (Wildman–Crippen LogP) is 5.31. The van der Waals surface area contributed by atoms with Crippen molar-refractivity contribution in [2.45, 2.75) is 31.8 Å². The van der Waals surface area contributed by atoms with Crippen LogP contribution in [-0.4, -0.2) is 48.9 Å². The SMILES string of the molecule is Cc1ncc(-c2cc(F)cc(-c3ccc(-n4ccn(C)c4=O)c(Cl)c3)c2O)cc1N1CC[C@@](C)(O)C(F)(F)C1. The smallest absolute Gasteiger partial charge is 0.332 e. The van der Waals surface area contributed by atoms with E-state index in [1.54, 1.807) is 44.6 Å². The van der Waals surface area contributed by atoms with Crippen molar-refractivity contribution < 1.29 is 23.4 Å². The third-order valence-electron chi connectivity index (χ3n) is 7.30. The Morgan fingerprint density at radius 3 is 2.36 bits per heavy atom. The van der Waals surface area contributed by atoms with Crippen molar-refractivity contribution in [1.82, 2.24) is 14.1 Å². The van der Waals surface area contributed by atoms with Crippen LogP contribution in [-0.2, 0) is 7.05 Å². The predicted molar refractivity (Wildman–Crippen MR) is 143 cm³/mol. The lowest BCUT2D eigenvalue weighted by molar-refractivity contribution is -0.177. The van der Waals surface area contributed by atoms with Crippen molar-refractivity contribution >= 4 is 17.3 Å². The number of anilines is 1. The molecule has 0 unspecified atom stereocenters. The normalized spacial score (nSPS) is 18.9. The minimum absolute atomic E-state index is 0.119. The summed E-state index contributed by atoms with van der Waals surface area (Å²) in [7, 11) is 1.61. The van der Waals surface area contributed by atoms with Gasteiger partial charge in [-0.15, -0.1) is 0 Å². The van der Waals surface area contributed by atoms with Gasteiger partial charge in [0.05, 0.1) is 28.6 Å². The van der Waals surface area contributed by atoms with Gasteiger partial charge in [0.15, 0.2) is 0 Å². The van der Waals surface area contributed by atoms with Gasteiger partial charge in [-0.3, -0.25) is 9.55 Å². The topological polar surface area (TPSA) is 83.5 Å². The van der Waals surface area contributed by atoms with Crippen LogP contribution in [0.5, 0.6) is 5.75 Å². The van der Waals surface area contributed by atoms with Gasteiger partial charge in [0.2, 0.25) is 0 Å². The first-order valence-electron chi connectivity index (χ1n) is 12.2. The number of aromatic nitrogens is 3. The molecular weight excluding hydrogens is 533 g/mol. The highest BCUT2D eigenvalue weighted by atomic mass is 35.5. The lowest BCUT2D eigenvalue weighted by atomic mass is 9.89. The number of nitrogens with zero attached hydrogens (tertiary/aromatic N) is 4. The molecule has 1 fully saturated rings. The second-order valence-corrected chi connectivity index (χ2v) is 10.5. The van der Waals surface area contributed by atoms with E-state index < -0.39 is 23.9 Å². The van der Waals surface area contributed by atoms with E-state index in [9.17, 15) is 28.2 Å². The van der Waals surface area contributed by atoms with Crippen LogP contribution in [0.25, 0.3) is 27.9 Å². The number of imidazole rings is 1. The number of phenols is 1. The van der Waals surface area contributed by atoms with E-state index in [2.05, 4.69) is 4.98 Å². The zero-order valence-corrected chi connectivity index (χ0v) is 22.2. The van der Waals surface area contributed by atoms with E-state index in [0.717, 1.165) is 19.1 Å². The van der Waals surface area contributed by atoms with Crippen LogP contribution in [0.15, 0.2) is 59.8 Å². The number of aliphatic hydroxyl groups is 1. The summed E-state index contributed by atoms with van der Waals surface area (Å²) in [6.07, 6.45) is 4.45. The molecule has 1 aliphatic rings. The first-order valence-corrected chi connectivity index (χ1v) is 12.6. The highest BCUT2D eigenvalue weighted by molar-refractivity contribution is 6.32. The summed E-state index contributed by atoms with van der Waals surface area (Å²) in [4.78, 5) is 18.1. The minimum atomic E-state index is -3.35. The van der Waals surface area contributed by atoms with E-state index in [1.807, 2.05) is 0 Å². The molecular formula is C28H26ClF3N4O3. The number of phenolic OH excluding ortho intramolecular Hbond substituents is 1. The zero-order valence-electron chi connectivity index (χ0n) is 21.4. The molecule has 1 aliphatic heterocycles. The number of aromatic hydroxyl groups is 1. The molecule has 0 saturated carbocycles. The van der Waals surface area contributed by atoms with Crippen LogP contribution in [0.2, 0.25) is 5.02 Å². The molecule has 1 saturated heterocycles. The Balaban J connectivity index is 1.55. The molecule has 2 aromatic heterocycles. The van der Waals surface area contributed by atoms with Gasteiger partial charge >= 0.3 is 5.69 Å². The number of pyridine rings is 1. The van der Waals surface area contributed by atoms with Gasteiger partial charge in [-0.1, -0.05) is 17.7 Å². The molecule has 1 atom stereocenters. The Kier molecular flexibility index (Phi) is 6.51. The molecule has 11 heteroatoms. The Bertz CT molecular complexity index is 1650. The fourth-order valence-electron chi connectivity index (χ4n) is 4.78. The molecule has 2 N–H and O–H groups in total. The number of hydrogen-bond donors (Lipinski definition) is 2. The first-order chi connectivity index (χ1) is 18.3. The summed E-state index contributed by atoms with van der Waals surface area (Å²) in [6, 6.07) is 8.61. The van der Waals surface area contributed by atoms with Gasteiger partial charge in [-0.05, 0) is 56.2 Å². The van der Waals surface area contributed by atoms with Crippen molar-refractivity contribution in [3.63, 3.8) is 0 Å². The number of rotatable bonds is 4. The van der Waals surface area contributed by atoms with Crippen molar-refractivity contribution in [2.75, 3.05) is 18.0 Å². The van der Waals surface area contributed by atoms with Crippen LogP contribution < -0.4 is 10.6 Å². The number of alkyl halides is 2. The Morgan fingerprint density at radius 1 is 1.05 bits per heavy atom. The largest absolute Gasteiger partial charge is 0.507 e. The van der Waals surface area contributed by atoms with E-state index in [4.69, 9.17) is 11.6 Å². The number of piperidine rings is 1. The molecule has 0 spiro atoms. The molecule has 5 rings (SSSR count). The highest BCUT2D eigenvalue weighted by Crippen LogP contribution is 2.43. The Labute approximate surface area is 227 Å². The zero-order chi connectivity index (χ0) is 28.3. The van der Waals surface area contributed by atoms with Crippen molar-refractivity contribution in [1.29, 1.82) is 0 Å². The monoisotopic (exact) mass is 558 g/mol. The fraction of sp³-hybridized carbons (Fsp3) is 0.286. The molecule has 0 amide bonds. The van der Waals surface area contributed by atoms with Gasteiger partial charge in [-0.25, -0.2) is 18.0 Å². The fourth-order valence-corrected chi connectivity index (χ4v) is 5.05. The van der Waals surface area contributed by atoms with E-state index in [0.29, 0.717) is 28.2 Å². The summed E-state index contributed by atoms with van der Waals surface area (Å²) in [6.45, 7) is 2.25. The van der Waals surface area contributed by atoms with Gasteiger partial charge in [0.1, 0.15) is 17.2 Å². The van der Waals surface area contributed by atoms with Crippen LogP contribution in [0.4, 0.5) is 18.9 Å². The number of hydrogen-bond acceptors (Lipinski definition) is 5. The summed E-state index contributed by atoms with van der Waals surface area (Å²) < 4.78 is 46.8. The second-order valence-electron chi connectivity index (χ2n) is 10.1. The first kappa shape index (κ1) is 26.8. The highest BCUT2D eigenvalue weighted by Gasteiger charge is 2.53. The average Bonchev–Trinajstić information content (AvgIpc) is 3.20. The maximum atomic E-state index is 14.9. The van der Waals surface area contributed by atoms with Gasteiger partial charge in [-0.2, -0.15) is 0 Å². The third kappa shape index (κ3) is 4.68. The molecule has 4 aromatic rings. The van der Waals surface area contributed by atoms with E-state index >= 15 is 0 Å². The number of benzene rings is 2. The van der Waals surface area contributed by atoms with Crippen LogP contribution in [0.3, 0.4) is 0 Å². The molecule has 0 aliphatic carbocycles. The van der Waals surface area contributed by atoms with E-state index in [-0.39, 0.29) is 40.6 Å². The van der Waals surface area contributed by atoms with Gasteiger partial charge in [0.25, 0.3) is 5.92 Å². The van der Waals surface area contributed by atoms with Crippen molar-refractivity contribution in [2.24, 2.45) is 7.05 Å². The quantitative estimate of drug-likeness (QED) is 0.355. The number of halogens is 4. The van der Waals surface area contributed by atoms with Crippen LogP contribution >= 0.6 is 11.6 Å². The summed E-state index contributed by atoms with van der Waals surface area (Å²) in [5.41, 5.74) is -0.110. The van der Waals surface area contributed by atoms with Gasteiger partial charge < -0.3 is 19.7 Å². The second kappa shape index (κ2) is 9.46. The molecule has 7 nitrogen and oxygen atoms in total. The summed E-state index contributed by atoms with van der Waals surface area (Å²) in [5, 5.41) is 21.5. The van der Waals surface area contributed by atoms with Gasteiger partial charge in [0, 0.05) is 48.9 Å². The van der Waals surface area contributed by atoms with Crippen molar-refractivity contribution in [3.05, 3.63) is 82.0 Å². The average molecular weight is 559 g/mol. The maximum Gasteiger partial charge on any atom is 0.332 e. The molecule has 204 valence electrons.